The molecule has 0 unspecified atom stereocenters. The molecule has 4 aromatic rings. The van der Waals surface area contributed by atoms with Gasteiger partial charge in [-0.05, 0) is 99.9 Å². The number of aromatic nitrogens is 2. The number of hydrogen-bond donors (Lipinski definition) is 0. The Morgan fingerprint density at radius 2 is 1.33 bits per heavy atom. The normalized spacial score (nSPS) is 14.3. The van der Waals surface area contributed by atoms with Gasteiger partial charge >= 0.3 is 5.69 Å². The summed E-state index contributed by atoms with van der Waals surface area (Å²) in [6, 6.07) is 17.7. The van der Waals surface area contributed by atoms with Crippen LogP contribution in [0.4, 0.5) is 5.69 Å². The Bertz CT molecular complexity index is 1850. The summed E-state index contributed by atoms with van der Waals surface area (Å²) in [6.07, 6.45) is 2.01. The van der Waals surface area contributed by atoms with E-state index in [4.69, 9.17) is 4.99 Å². The highest BCUT2D eigenvalue weighted by atomic mass is 16.2. The second-order valence-electron chi connectivity index (χ2n) is 11.7. The first-order chi connectivity index (χ1) is 20.1. The van der Waals surface area contributed by atoms with E-state index in [2.05, 4.69) is 65.0 Å². The van der Waals surface area contributed by atoms with Gasteiger partial charge in [-0.25, -0.2) is 9.79 Å². The summed E-state index contributed by atoms with van der Waals surface area (Å²) in [5.41, 5.74) is 11.3. The molecular formula is C35H36N4O3. The van der Waals surface area contributed by atoms with Gasteiger partial charge in [-0.15, -0.1) is 0 Å². The van der Waals surface area contributed by atoms with Crippen LogP contribution in [0.15, 0.2) is 64.4 Å². The van der Waals surface area contributed by atoms with Crippen LogP contribution in [0, 0.1) is 34.6 Å². The Hall–Kier alpha value is -4.52. The second kappa shape index (κ2) is 10.7. The molecule has 3 heterocycles. The minimum atomic E-state index is -0.248. The van der Waals surface area contributed by atoms with Crippen LogP contribution < -0.4 is 11.2 Å². The van der Waals surface area contributed by atoms with E-state index < -0.39 is 0 Å². The van der Waals surface area contributed by atoms with E-state index in [9.17, 15) is 14.4 Å². The summed E-state index contributed by atoms with van der Waals surface area (Å²) in [5.74, 6) is -0.496. The smallest absolute Gasteiger partial charge is 0.293 e. The van der Waals surface area contributed by atoms with Gasteiger partial charge < -0.3 is 0 Å². The number of fused-ring (bicyclic) bond motifs is 4. The fraction of sp³-hybridized carbons (Fsp3) is 0.314. The number of unbranched alkanes of at least 4 members (excludes halogenated alkanes) is 1. The Balaban J connectivity index is 1.36. The van der Waals surface area contributed by atoms with E-state index in [0.29, 0.717) is 49.1 Å². The molecule has 7 heteroatoms. The highest BCUT2D eigenvalue weighted by Gasteiger charge is 2.34. The first-order valence-corrected chi connectivity index (χ1v) is 14.7. The number of carbonyl (C=O) groups is 2. The molecular weight excluding hydrogens is 524 g/mol. The van der Waals surface area contributed by atoms with Gasteiger partial charge in [0, 0.05) is 31.3 Å². The number of carbonyl (C=O) groups excluding carboxylic acids is 2. The summed E-state index contributed by atoms with van der Waals surface area (Å²) in [6.45, 7) is 11.8. The second-order valence-corrected chi connectivity index (χ2v) is 11.7. The highest BCUT2D eigenvalue weighted by molar-refractivity contribution is 6.21. The average Bonchev–Trinajstić information content (AvgIpc) is 3.19. The predicted octanol–water partition coefficient (Wildman–Crippen LogP) is 5.72. The fourth-order valence-electron chi connectivity index (χ4n) is 6.37. The maximum absolute atomic E-state index is 14.1. The lowest BCUT2D eigenvalue weighted by Crippen LogP contribution is -2.42. The van der Waals surface area contributed by atoms with Crippen LogP contribution in [0.1, 0.15) is 66.9 Å². The molecule has 214 valence electrons. The third-order valence-corrected chi connectivity index (χ3v) is 8.65. The van der Waals surface area contributed by atoms with E-state index >= 15 is 0 Å². The molecule has 1 aromatic heterocycles. The lowest BCUT2D eigenvalue weighted by molar-refractivity contribution is 0.0651. The van der Waals surface area contributed by atoms with E-state index in [1.54, 1.807) is 28.8 Å². The maximum Gasteiger partial charge on any atom is 0.330 e. The largest absolute Gasteiger partial charge is 0.330 e. The van der Waals surface area contributed by atoms with Crippen molar-refractivity contribution < 1.29 is 9.59 Å². The zero-order valence-corrected chi connectivity index (χ0v) is 25.0. The molecule has 2 amide bonds. The van der Waals surface area contributed by atoms with E-state index in [1.165, 1.54) is 27.2 Å². The molecule has 0 spiro atoms. The lowest BCUT2D eigenvalue weighted by Gasteiger charge is -2.24. The molecule has 0 atom stereocenters. The van der Waals surface area contributed by atoms with Crippen molar-refractivity contribution in [1.29, 1.82) is 0 Å². The number of imide groups is 1. The Labute approximate surface area is 245 Å². The lowest BCUT2D eigenvalue weighted by atomic mass is 9.93. The molecule has 0 N–H and O–H groups in total. The number of hydrogen-bond acceptors (Lipinski definition) is 4. The minimum Gasteiger partial charge on any atom is -0.293 e. The monoisotopic (exact) mass is 560 g/mol. The van der Waals surface area contributed by atoms with Crippen molar-refractivity contribution in [1.82, 2.24) is 14.0 Å². The minimum absolute atomic E-state index is 0.0849. The number of nitrogens with zero attached hydrogens (tertiary/aromatic N) is 4. The van der Waals surface area contributed by atoms with Crippen molar-refractivity contribution in [3.05, 3.63) is 115 Å². The van der Waals surface area contributed by atoms with Gasteiger partial charge in [0.15, 0.2) is 0 Å². The van der Waals surface area contributed by atoms with Crippen molar-refractivity contribution in [2.75, 3.05) is 6.54 Å². The van der Waals surface area contributed by atoms with Crippen LogP contribution in [0.3, 0.4) is 0 Å². The van der Waals surface area contributed by atoms with Crippen LogP contribution in [0.2, 0.25) is 0 Å². The third-order valence-electron chi connectivity index (χ3n) is 8.65. The first-order valence-electron chi connectivity index (χ1n) is 14.7. The van der Waals surface area contributed by atoms with Crippen LogP contribution in [0.25, 0.3) is 11.3 Å². The highest BCUT2D eigenvalue weighted by Crippen LogP contribution is 2.30. The number of amides is 2. The van der Waals surface area contributed by atoms with E-state index in [-0.39, 0.29) is 17.5 Å². The van der Waals surface area contributed by atoms with Gasteiger partial charge in [-0.1, -0.05) is 35.9 Å². The molecule has 0 radical (unpaired) electrons. The third kappa shape index (κ3) is 4.73. The van der Waals surface area contributed by atoms with Gasteiger partial charge in [0.25, 0.3) is 11.8 Å². The van der Waals surface area contributed by atoms with Crippen LogP contribution >= 0.6 is 0 Å². The van der Waals surface area contributed by atoms with E-state index in [0.717, 1.165) is 34.5 Å². The SMILES string of the molecule is Cc1cc(C)c(/N=c2\cc3n(c(=O)n2CCCCN2C(=O)c4ccccc4C2=O)CCc2cc(C)c(C)cc2-3)c(C)c1. The molecule has 2 aliphatic heterocycles. The number of rotatable bonds is 6. The molecule has 0 aliphatic carbocycles. The van der Waals surface area contributed by atoms with Gasteiger partial charge in [0.1, 0.15) is 5.49 Å². The van der Waals surface area contributed by atoms with Crippen molar-refractivity contribution >= 4 is 17.5 Å². The molecule has 0 bridgehead atoms. The van der Waals surface area contributed by atoms with Gasteiger partial charge in [0.05, 0.1) is 22.5 Å². The Morgan fingerprint density at radius 3 is 2.00 bits per heavy atom. The topological polar surface area (TPSA) is 76.7 Å². The molecule has 7 nitrogen and oxygen atoms in total. The van der Waals surface area contributed by atoms with Crippen LogP contribution in [-0.4, -0.2) is 32.4 Å². The number of aryl methyl sites for hydroxylation is 6. The summed E-state index contributed by atoms with van der Waals surface area (Å²) in [5, 5.41) is 0. The van der Waals surface area contributed by atoms with Gasteiger partial charge in [0.2, 0.25) is 0 Å². The van der Waals surface area contributed by atoms with Crippen molar-refractivity contribution in [3.63, 3.8) is 0 Å². The molecule has 42 heavy (non-hydrogen) atoms. The standard InChI is InChI=1S/C35H36N4O3/c1-21-16-24(4)32(25(5)17-21)36-31-20-30-29-19-23(3)22(2)18-26(29)12-15-37(30)35(42)38(31)13-8-9-14-39-33(40)27-10-6-7-11-28(27)34(39)41/h6-7,10-11,16-20H,8-9,12-15H2,1-5H3/b36-31+. The zero-order chi connectivity index (χ0) is 29.7. The quantitative estimate of drug-likeness (QED) is 0.223. The summed E-state index contributed by atoms with van der Waals surface area (Å²) < 4.78 is 3.63. The first kappa shape index (κ1) is 27.6. The van der Waals surface area contributed by atoms with Crippen LogP contribution in [0.5, 0.6) is 0 Å². The van der Waals surface area contributed by atoms with Crippen molar-refractivity contribution in [2.24, 2.45) is 4.99 Å². The summed E-state index contributed by atoms with van der Waals surface area (Å²) >= 11 is 0. The molecule has 0 saturated carbocycles. The van der Waals surface area contributed by atoms with Crippen LogP contribution in [-0.2, 0) is 19.5 Å². The van der Waals surface area contributed by atoms with Crippen molar-refractivity contribution in [3.8, 4) is 11.3 Å². The summed E-state index contributed by atoms with van der Waals surface area (Å²) in [7, 11) is 0. The van der Waals surface area contributed by atoms with Crippen molar-refractivity contribution in [2.45, 2.75) is 67.0 Å². The number of benzene rings is 3. The Morgan fingerprint density at radius 1 is 0.714 bits per heavy atom. The van der Waals surface area contributed by atoms with Gasteiger partial charge in [-0.3, -0.25) is 23.6 Å². The predicted molar refractivity (Wildman–Crippen MR) is 164 cm³/mol. The van der Waals surface area contributed by atoms with Gasteiger partial charge in [-0.2, -0.15) is 0 Å². The van der Waals surface area contributed by atoms with E-state index in [1.807, 2.05) is 4.57 Å². The maximum atomic E-state index is 14.1. The molecule has 0 fully saturated rings. The molecule has 3 aromatic carbocycles. The summed E-state index contributed by atoms with van der Waals surface area (Å²) in [4.78, 5) is 46.1. The fourth-order valence-corrected chi connectivity index (χ4v) is 6.37. The zero-order valence-electron chi connectivity index (χ0n) is 25.0. The molecule has 0 saturated heterocycles. The molecule has 2 aliphatic rings. The average molecular weight is 561 g/mol. The Kier molecular flexibility index (Phi) is 7.05. The molecule has 6 rings (SSSR count).